The van der Waals surface area contributed by atoms with E-state index >= 15 is 0 Å². The number of nitrogens with zero attached hydrogens (tertiary/aromatic N) is 2. The van der Waals surface area contributed by atoms with Crippen molar-refractivity contribution in [2.24, 2.45) is 5.16 Å². The number of morpholine rings is 1. The molecule has 0 unspecified atom stereocenters. The van der Waals surface area contributed by atoms with Gasteiger partial charge in [-0.3, -0.25) is 0 Å². The predicted molar refractivity (Wildman–Crippen MR) is 98.6 cm³/mol. The highest BCUT2D eigenvalue weighted by Gasteiger charge is 2.25. The van der Waals surface area contributed by atoms with Crippen LogP contribution in [0.2, 0.25) is 10.0 Å². The number of rotatable bonds is 4. The molecule has 0 atom stereocenters. The fraction of sp³-hybridized carbons (Fsp3) is 0.389. The first-order valence-electron chi connectivity index (χ1n) is 7.97. The SMILES string of the molecule is CO/N=C\C1=C(N2CCOCC2)C(=C\c2ccc(Cl)cc2Cl)/CC1. The molecule has 0 saturated carbocycles. The fourth-order valence-corrected chi connectivity index (χ4v) is 3.56. The highest BCUT2D eigenvalue weighted by molar-refractivity contribution is 6.35. The summed E-state index contributed by atoms with van der Waals surface area (Å²) < 4.78 is 5.48. The summed E-state index contributed by atoms with van der Waals surface area (Å²) in [7, 11) is 1.56. The van der Waals surface area contributed by atoms with E-state index in [1.54, 1.807) is 13.2 Å². The molecule has 128 valence electrons. The maximum atomic E-state index is 6.34. The van der Waals surface area contributed by atoms with Crippen LogP contribution in [0.5, 0.6) is 0 Å². The van der Waals surface area contributed by atoms with E-state index in [4.69, 9.17) is 32.8 Å². The lowest BCUT2D eigenvalue weighted by atomic mass is 10.1. The molecule has 4 nitrogen and oxygen atoms in total. The zero-order valence-electron chi connectivity index (χ0n) is 13.6. The van der Waals surface area contributed by atoms with Crippen molar-refractivity contribution < 1.29 is 9.57 Å². The Morgan fingerprint density at radius 2 is 2.00 bits per heavy atom. The quantitative estimate of drug-likeness (QED) is 0.585. The monoisotopic (exact) mass is 366 g/mol. The summed E-state index contributed by atoms with van der Waals surface area (Å²) in [6, 6.07) is 5.59. The van der Waals surface area contributed by atoms with Crippen LogP contribution < -0.4 is 0 Å². The van der Waals surface area contributed by atoms with E-state index in [1.165, 1.54) is 16.8 Å². The normalized spacial score (nSPS) is 20.5. The van der Waals surface area contributed by atoms with Gasteiger partial charge < -0.3 is 14.5 Å². The third kappa shape index (κ3) is 3.94. The number of hydrogen-bond acceptors (Lipinski definition) is 4. The van der Waals surface area contributed by atoms with Gasteiger partial charge in [-0.1, -0.05) is 34.4 Å². The molecule has 0 N–H and O–H groups in total. The molecule has 3 rings (SSSR count). The molecule has 2 aliphatic rings. The smallest absolute Gasteiger partial charge is 0.106 e. The van der Waals surface area contributed by atoms with Crippen molar-refractivity contribution in [1.29, 1.82) is 0 Å². The van der Waals surface area contributed by atoms with Crippen LogP contribution >= 0.6 is 23.2 Å². The van der Waals surface area contributed by atoms with E-state index in [2.05, 4.69) is 16.1 Å². The number of oxime groups is 1. The van der Waals surface area contributed by atoms with Crippen LogP contribution in [0, 0.1) is 0 Å². The van der Waals surface area contributed by atoms with Gasteiger partial charge in [0.15, 0.2) is 0 Å². The lowest BCUT2D eigenvalue weighted by Crippen LogP contribution is -2.36. The molecule has 0 bridgehead atoms. The molecule has 24 heavy (non-hydrogen) atoms. The Morgan fingerprint density at radius 3 is 2.71 bits per heavy atom. The number of allylic oxidation sites excluding steroid dienone is 2. The maximum Gasteiger partial charge on any atom is 0.106 e. The second-order valence-electron chi connectivity index (χ2n) is 5.73. The zero-order valence-corrected chi connectivity index (χ0v) is 15.1. The molecular weight excluding hydrogens is 347 g/mol. The van der Waals surface area contributed by atoms with Crippen LogP contribution in [0.15, 0.2) is 40.2 Å². The van der Waals surface area contributed by atoms with Crippen molar-refractivity contribution in [2.45, 2.75) is 12.8 Å². The Hall–Kier alpha value is -1.49. The van der Waals surface area contributed by atoms with E-state index in [0.29, 0.717) is 10.0 Å². The number of hydrogen-bond donors (Lipinski definition) is 0. The van der Waals surface area contributed by atoms with E-state index in [1.807, 2.05) is 18.3 Å². The third-order valence-corrected chi connectivity index (χ3v) is 4.77. The van der Waals surface area contributed by atoms with E-state index in [0.717, 1.165) is 44.7 Å². The molecule has 0 radical (unpaired) electrons. The number of halogens is 2. The number of ether oxygens (including phenoxy) is 1. The molecule has 1 saturated heterocycles. The maximum absolute atomic E-state index is 6.34. The minimum atomic E-state index is 0.644. The van der Waals surface area contributed by atoms with Crippen molar-refractivity contribution in [2.75, 3.05) is 33.4 Å². The molecule has 1 heterocycles. The van der Waals surface area contributed by atoms with Crippen LogP contribution in [0.3, 0.4) is 0 Å². The fourth-order valence-electron chi connectivity index (χ4n) is 3.09. The summed E-state index contributed by atoms with van der Waals surface area (Å²) >= 11 is 12.3. The molecule has 1 fully saturated rings. The van der Waals surface area contributed by atoms with Crippen LogP contribution in [-0.2, 0) is 9.57 Å². The van der Waals surface area contributed by atoms with Gasteiger partial charge in [0.1, 0.15) is 7.11 Å². The molecule has 1 aliphatic carbocycles. The standard InChI is InChI=1S/C18H20Cl2N2O2/c1-23-21-12-15-3-2-14(18(15)22-6-8-24-9-7-22)10-13-4-5-16(19)11-17(13)20/h4-5,10-12H,2-3,6-9H2,1H3/b14-10-,21-12-. The lowest BCUT2D eigenvalue weighted by Gasteiger charge is -2.31. The molecule has 0 aromatic heterocycles. The molecule has 6 heteroatoms. The minimum Gasteiger partial charge on any atom is -0.399 e. The van der Waals surface area contributed by atoms with Crippen molar-refractivity contribution in [3.05, 3.63) is 50.7 Å². The van der Waals surface area contributed by atoms with Crippen molar-refractivity contribution in [1.82, 2.24) is 4.90 Å². The van der Waals surface area contributed by atoms with Gasteiger partial charge >= 0.3 is 0 Å². The van der Waals surface area contributed by atoms with E-state index in [9.17, 15) is 0 Å². The summed E-state index contributed by atoms with van der Waals surface area (Å²) in [6.07, 6.45) is 5.86. The topological polar surface area (TPSA) is 34.1 Å². The Labute approximate surface area is 152 Å². The Kier molecular flexibility index (Phi) is 5.82. The molecule has 0 spiro atoms. The van der Waals surface area contributed by atoms with Crippen LogP contribution in [-0.4, -0.2) is 44.5 Å². The summed E-state index contributed by atoms with van der Waals surface area (Å²) in [4.78, 5) is 7.23. The first kappa shape index (κ1) is 17.3. The second-order valence-corrected chi connectivity index (χ2v) is 6.57. The Morgan fingerprint density at radius 1 is 1.21 bits per heavy atom. The second kappa shape index (κ2) is 8.06. The van der Waals surface area contributed by atoms with Gasteiger partial charge in [0, 0.05) is 28.8 Å². The van der Waals surface area contributed by atoms with Crippen LogP contribution in [0.1, 0.15) is 18.4 Å². The van der Waals surface area contributed by atoms with Gasteiger partial charge in [-0.05, 0) is 47.8 Å². The summed E-state index contributed by atoms with van der Waals surface area (Å²) in [5, 5.41) is 5.26. The third-order valence-electron chi connectivity index (χ3n) is 4.21. The van der Waals surface area contributed by atoms with Gasteiger partial charge in [0.25, 0.3) is 0 Å². The average Bonchev–Trinajstić information content (AvgIpc) is 2.99. The highest BCUT2D eigenvalue weighted by Crippen LogP contribution is 2.36. The van der Waals surface area contributed by atoms with Gasteiger partial charge in [0.05, 0.1) is 19.4 Å². The largest absolute Gasteiger partial charge is 0.399 e. The highest BCUT2D eigenvalue weighted by atomic mass is 35.5. The molecule has 0 amide bonds. The number of benzene rings is 1. The van der Waals surface area contributed by atoms with E-state index < -0.39 is 0 Å². The summed E-state index contributed by atoms with van der Waals surface area (Å²) in [5.41, 5.74) is 4.66. The molecule has 1 aromatic carbocycles. The van der Waals surface area contributed by atoms with Crippen molar-refractivity contribution in [3.63, 3.8) is 0 Å². The molecule has 1 aromatic rings. The first-order chi connectivity index (χ1) is 11.7. The van der Waals surface area contributed by atoms with E-state index in [-0.39, 0.29) is 0 Å². The van der Waals surface area contributed by atoms with Crippen LogP contribution in [0.25, 0.3) is 6.08 Å². The predicted octanol–water partition coefficient (Wildman–Crippen LogP) is 4.39. The summed E-state index contributed by atoms with van der Waals surface area (Å²) in [6.45, 7) is 3.25. The average molecular weight is 367 g/mol. The Bertz CT molecular complexity index is 692. The van der Waals surface area contributed by atoms with Crippen molar-refractivity contribution in [3.8, 4) is 0 Å². The molecular formula is C18H20Cl2N2O2. The van der Waals surface area contributed by atoms with Gasteiger partial charge in [-0.25, -0.2) is 0 Å². The first-order valence-corrected chi connectivity index (χ1v) is 8.73. The van der Waals surface area contributed by atoms with Gasteiger partial charge in [0.2, 0.25) is 0 Å². The van der Waals surface area contributed by atoms with Crippen LogP contribution in [0.4, 0.5) is 0 Å². The lowest BCUT2D eigenvalue weighted by molar-refractivity contribution is 0.0548. The van der Waals surface area contributed by atoms with Gasteiger partial charge in [-0.2, -0.15) is 0 Å². The Balaban J connectivity index is 1.97. The minimum absolute atomic E-state index is 0.644. The molecule has 1 aliphatic heterocycles. The van der Waals surface area contributed by atoms with Gasteiger partial charge in [-0.15, -0.1) is 0 Å². The van der Waals surface area contributed by atoms with Crippen molar-refractivity contribution >= 4 is 35.5 Å². The summed E-state index contributed by atoms with van der Waals surface area (Å²) in [5.74, 6) is 0. The zero-order chi connectivity index (χ0) is 16.9.